The summed E-state index contributed by atoms with van der Waals surface area (Å²) in [5.41, 5.74) is 4.49. The van der Waals surface area contributed by atoms with Crippen LogP contribution < -0.4 is 0 Å². The van der Waals surface area contributed by atoms with Gasteiger partial charge in [0.05, 0.1) is 28.9 Å². The quantitative estimate of drug-likeness (QED) is 0.226. The molecule has 7 rings (SSSR count). The lowest BCUT2D eigenvalue weighted by molar-refractivity contribution is 0.0216. The molecule has 3 aliphatic rings. The van der Waals surface area contributed by atoms with Crippen molar-refractivity contribution in [2.45, 2.75) is 96.9 Å². The Bertz CT molecular complexity index is 1870. The van der Waals surface area contributed by atoms with Crippen LogP contribution in [0.4, 0.5) is 9.59 Å². The van der Waals surface area contributed by atoms with Gasteiger partial charge in [-0.2, -0.15) is 0 Å². The standard InChI is InChI=1S/C37H43N5O4S2/c1-36(2,3)45-34(43)41-15-7-9-27(41)25-17-24(20-38-25)22-11-13-23(14-12-22)29-18-31-32(47-29)19-30(48-31)26-21-39-33(40-26)28-10-8-16-42(28)35(44)46-37(4,5)6/h11-14,18-21,27-28H,7-10,15-17H2,1-6H3,(H,39,40)/t27-,28-/m0/s1. The molecule has 2 saturated heterocycles. The third-order valence-corrected chi connectivity index (χ3v) is 11.2. The van der Waals surface area contributed by atoms with E-state index in [1.165, 1.54) is 25.4 Å². The number of hydrogen-bond acceptors (Lipinski definition) is 8. The van der Waals surface area contributed by atoms with Crippen molar-refractivity contribution in [2.75, 3.05) is 13.1 Å². The van der Waals surface area contributed by atoms with Crippen molar-refractivity contribution in [3.8, 4) is 21.0 Å². The molecule has 2 amide bonds. The normalized spacial score (nSPS) is 20.0. The molecule has 252 valence electrons. The molecule has 1 aromatic carbocycles. The second-order valence-corrected chi connectivity index (χ2v) is 17.0. The fraction of sp³-hybridized carbons (Fsp3) is 0.459. The number of ether oxygens (including phenoxy) is 2. The first-order valence-corrected chi connectivity index (χ1v) is 18.4. The fourth-order valence-corrected chi connectivity index (χ4v) is 9.03. The summed E-state index contributed by atoms with van der Waals surface area (Å²) in [5, 5.41) is 0. The van der Waals surface area contributed by atoms with E-state index in [9.17, 15) is 9.59 Å². The first kappa shape index (κ1) is 32.6. The van der Waals surface area contributed by atoms with Gasteiger partial charge < -0.3 is 14.5 Å². The largest absolute Gasteiger partial charge is 0.444 e. The highest BCUT2D eigenvalue weighted by Gasteiger charge is 2.37. The van der Waals surface area contributed by atoms with E-state index in [-0.39, 0.29) is 24.3 Å². The predicted octanol–water partition coefficient (Wildman–Crippen LogP) is 9.68. The van der Waals surface area contributed by atoms with Crippen LogP contribution in [0, 0.1) is 0 Å². The summed E-state index contributed by atoms with van der Waals surface area (Å²) >= 11 is 3.54. The summed E-state index contributed by atoms with van der Waals surface area (Å²) in [7, 11) is 0. The van der Waals surface area contributed by atoms with E-state index < -0.39 is 11.2 Å². The molecule has 9 nitrogen and oxygen atoms in total. The minimum Gasteiger partial charge on any atom is -0.444 e. The van der Waals surface area contributed by atoms with Crippen LogP contribution in [-0.2, 0) is 9.47 Å². The van der Waals surface area contributed by atoms with E-state index in [0.717, 1.165) is 59.8 Å². The Labute approximate surface area is 289 Å². The number of imidazole rings is 1. The molecule has 0 radical (unpaired) electrons. The monoisotopic (exact) mass is 685 g/mol. The Morgan fingerprint density at radius 3 is 2.02 bits per heavy atom. The zero-order valence-electron chi connectivity index (χ0n) is 28.5. The minimum atomic E-state index is -0.530. The third-order valence-electron chi connectivity index (χ3n) is 8.83. The average Bonchev–Trinajstić information content (AvgIpc) is 3.83. The van der Waals surface area contributed by atoms with Crippen LogP contribution >= 0.6 is 22.7 Å². The van der Waals surface area contributed by atoms with Gasteiger partial charge in [-0.3, -0.25) is 14.8 Å². The minimum absolute atomic E-state index is 0.000179. The number of fused-ring (bicyclic) bond motifs is 1. The summed E-state index contributed by atoms with van der Waals surface area (Å²) < 4.78 is 13.8. The molecule has 0 spiro atoms. The third kappa shape index (κ3) is 6.80. The number of allylic oxidation sites excluding steroid dienone is 1. The lowest BCUT2D eigenvalue weighted by Crippen LogP contribution is -2.43. The number of thiophene rings is 2. The van der Waals surface area contributed by atoms with Crippen LogP contribution in [0.15, 0.2) is 53.8 Å². The maximum atomic E-state index is 12.8. The van der Waals surface area contributed by atoms with Gasteiger partial charge in [0.25, 0.3) is 0 Å². The lowest BCUT2D eigenvalue weighted by Gasteiger charge is -2.28. The Hall–Kier alpha value is -3.96. The van der Waals surface area contributed by atoms with Crippen molar-refractivity contribution in [2.24, 2.45) is 4.99 Å². The SMILES string of the molecule is CC(C)(C)OC(=O)N1CCC[C@H]1C1=NC=C(c2ccc(-c3cc4sc(-c5cnc([C@@H]6CCCN6C(=O)OC(C)(C)C)[nH]5)cc4s3)cc2)C1. The highest BCUT2D eigenvalue weighted by molar-refractivity contribution is 7.31. The van der Waals surface area contributed by atoms with Gasteiger partial charge in [0, 0.05) is 45.7 Å². The van der Waals surface area contributed by atoms with E-state index >= 15 is 0 Å². The molecule has 2 fully saturated rings. The van der Waals surface area contributed by atoms with Crippen molar-refractivity contribution in [1.29, 1.82) is 0 Å². The summed E-state index contributed by atoms with van der Waals surface area (Å²) in [6, 6.07) is 13.1. The first-order valence-electron chi connectivity index (χ1n) is 16.8. The van der Waals surface area contributed by atoms with Gasteiger partial charge in [-0.05, 0) is 96.1 Å². The highest BCUT2D eigenvalue weighted by atomic mass is 32.1. The number of H-pyrrole nitrogens is 1. The van der Waals surface area contributed by atoms with Gasteiger partial charge in [0.15, 0.2) is 0 Å². The molecule has 4 aromatic rings. The van der Waals surface area contributed by atoms with E-state index in [4.69, 9.17) is 14.5 Å². The molecular formula is C37H43N5O4S2. The van der Waals surface area contributed by atoms with Gasteiger partial charge in [0.1, 0.15) is 17.0 Å². The molecule has 0 saturated carbocycles. The molecule has 0 unspecified atom stereocenters. The molecule has 48 heavy (non-hydrogen) atoms. The molecule has 3 aliphatic heterocycles. The molecule has 3 aromatic heterocycles. The predicted molar refractivity (Wildman–Crippen MR) is 194 cm³/mol. The summed E-state index contributed by atoms with van der Waals surface area (Å²) in [5.74, 6) is 0.810. The second kappa shape index (κ2) is 12.5. The van der Waals surface area contributed by atoms with Crippen molar-refractivity contribution in [3.63, 3.8) is 0 Å². The van der Waals surface area contributed by atoms with Gasteiger partial charge in [0.2, 0.25) is 0 Å². The zero-order chi connectivity index (χ0) is 33.8. The van der Waals surface area contributed by atoms with Gasteiger partial charge in [-0.25, -0.2) is 14.6 Å². The number of rotatable bonds is 5. The van der Waals surface area contributed by atoms with E-state index in [0.29, 0.717) is 13.1 Å². The van der Waals surface area contributed by atoms with Gasteiger partial charge in [-0.15, -0.1) is 22.7 Å². The molecule has 6 heterocycles. The summed E-state index contributed by atoms with van der Waals surface area (Å²) in [6.07, 6.45) is 7.73. The summed E-state index contributed by atoms with van der Waals surface area (Å²) in [6.45, 7) is 12.8. The van der Waals surface area contributed by atoms with Crippen LogP contribution in [-0.4, -0.2) is 68.0 Å². The Balaban J connectivity index is 0.994. The fourth-order valence-electron chi connectivity index (χ4n) is 6.66. The number of nitrogens with one attached hydrogen (secondary N) is 1. The Kier molecular flexibility index (Phi) is 8.48. The van der Waals surface area contributed by atoms with Crippen LogP contribution in [0.5, 0.6) is 0 Å². The summed E-state index contributed by atoms with van der Waals surface area (Å²) in [4.78, 5) is 44.6. The zero-order valence-corrected chi connectivity index (χ0v) is 30.1. The number of aromatic amines is 1. The number of carbonyl (C=O) groups excluding carboxylic acids is 2. The first-order chi connectivity index (χ1) is 22.8. The average molecular weight is 686 g/mol. The molecule has 2 atom stereocenters. The van der Waals surface area contributed by atoms with Crippen molar-refractivity contribution < 1.29 is 19.1 Å². The van der Waals surface area contributed by atoms with E-state index in [1.54, 1.807) is 27.6 Å². The van der Waals surface area contributed by atoms with Crippen LogP contribution in [0.25, 0.3) is 36.0 Å². The number of nitrogens with zero attached hydrogens (tertiary/aromatic N) is 4. The molecular weight excluding hydrogens is 643 g/mol. The number of aliphatic imine (C=N–C) groups is 1. The van der Waals surface area contributed by atoms with Crippen LogP contribution in [0.2, 0.25) is 0 Å². The van der Waals surface area contributed by atoms with Crippen LogP contribution in [0.1, 0.15) is 91.1 Å². The van der Waals surface area contributed by atoms with E-state index in [1.807, 2.05) is 58.8 Å². The molecule has 0 aliphatic carbocycles. The number of likely N-dealkylation sites (tertiary alicyclic amines) is 2. The van der Waals surface area contributed by atoms with E-state index in [2.05, 4.69) is 46.4 Å². The second-order valence-electron chi connectivity index (χ2n) is 14.8. The number of hydrogen-bond donors (Lipinski definition) is 1. The number of amides is 2. The molecule has 11 heteroatoms. The number of benzene rings is 1. The van der Waals surface area contributed by atoms with Gasteiger partial charge >= 0.3 is 12.2 Å². The maximum Gasteiger partial charge on any atom is 0.410 e. The van der Waals surface area contributed by atoms with Crippen molar-refractivity contribution in [3.05, 3.63) is 60.2 Å². The molecule has 1 N–H and O–H groups in total. The number of aromatic nitrogens is 2. The lowest BCUT2D eigenvalue weighted by atomic mass is 9.98. The topological polar surface area (TPSA) is 100 Å². The Morgan fingerprint density at radius 1 is 0.812 bits per heavy atom. The van der Waals surface area contributed by atoms with Crippen molar-refractivity contribution >= 4 is 55.5 Å². The van der Waals surface area contributed by atoms with Gasteiger partial charge in [-0.1, -0.05) is 24.3 Å². The smallest absolute Gasteiger partial charge is 0.410 e. The van der Waals surface area contributed by atoms with Crippen molar-refractivity contribution in [1.82, 2.24) is 19.8 Å². The molecule has 0 bridgehead atoms. The number of carbonyl (C=O) groups is 2. The maximum absolute atomic E-state index is 12.8. The van der Waals surface area contributed by atoms with Crippen LogP contribution in [0.3, 0.4) is 0 Å². The Morgan fingerprint density at radius 2 is 1.38 bits per heavy atom. The highest BCUT2D eigenvalue weighted by Crippen LogP contribution is 2.42.